The quantitative estimate of drug-likeness (QED) is 0.145. The topological polar surface area (TPSA) is 162 Å². The van der Waals surface area contributed by atoms with Crippen molar-refractivity contribution in [1.82, 2.24) is 29.9 Å². The standard InChI is InChI=1S/C48H56FN9O5/c1-30-22-32(8-10-37(30)33-23-36(63-3)28-56(27-33)42-25-40(52-53-45(42)50)38-6-4-5-7-43(38)59)46(61)55-20-15-48(49,16-21-55)29-54-17-12-34(13-18-54)58-26-31(2)39-24-35(9-11-41(39)58)57-19-14-44(60)51-47(57)62/h4-11,22,24-26,33-34,36,59H,12-21,23,27-29H2,1-3H3,(H2,50,53)(H,51,60,62)/t33-,36+/m0/s1. The number of rotatable bonds is 9. The van der Waals surface area contributed by atoms with E-state index in [0.717, 1.165) is 71.3 Å². The Labute approximate surface area is 366 Å². The minimum atomic E-state index is -1.36. The van der Waals surface area contributed by atoms with E-state index in [1.807, 2.05) is 49.4 Å². The fraction of sp³-hybridized carbons (Fsp3) is 0.438. The Morgan fingerprint density at radius 3 is 2.46 bits per heavy atom. The number of hydrogen-bond donors (Lipinski definition) is 3. The number of aromatic hydroxyl groups is 1. The number of phenols is 1. The molecule has 4 fully saturated rings. The van der Waals surface area contributed by atoms with Gasteiger partial charge in [0.15, 0.2) is 5.82 Å². The van der Waals surface area contributed by atoms with Crippen molar-refractivity contribution < 1.29 is 28.6 Å². The summed E-state index contributed by atoms with van der Waals surface area (Å²) >= 11 is 0. The molecule has 330 valence electrons. The molecule has 0 bridgehead atoms. The first kappa shape index (κ1) is 42.3. The number of imide groups is 1. The third-order valence-corrected chi connectivity index (χ3v) is 13.8. The number of carbonyl (C=O) groups is 3. The monoisotopic (exact) mass is 857 g/mol. The summed E-state index contributed by atoms with van der Waals surface area (Å²) in [6.07, 6.45) is 5.59. The highest BCUT2D eigenvalue weighted by molar-refractivity contribution is 6.06. The van der Waals surface area contributed by atoms with Gasteiger partial charge in [0.05, 0.1) is 17.5 Å². The van der Waals surface area contributed by atoms with E-state index in [1.165, 1.54) is 0 Å². The van der Waals surface area contributed by atoms with Crippen molar-refractivity contribution in [2.75, 3.05) is 75.0 Å². The zero-order chi connectivity index (χ0) is 44.0. The molecular formula is C48H56FN9O5. The van der Waals surface area contributed by atoms with Gasteiger partial charge in [-0.2, -0.15) is 0 Å². The number of nitrogens with two attached hydrogens (primary N) is 1. The number of anilines is 3. The first-order valence-electron chi connectivity index (χ1n) is 22.1. The van der Waals surface area contributed by atoms with Crippen molar-refractivity contribution in [2.24, 2.45) is 0 Å². The summed E-state index contributed by atoms with van der Waals surface area (Å²) < 4.78 is 24.7. The van der Waals surface area contributed by atoms with E-state index in [4.69, 9.17) is 10.5 Å². The Bertz CT molecular complexity index is 2550. The van der Waals surface area contributed by atoms with Gasteiger partial charge in [0.2, 0.25) is 5.91 Å². The molecule has 9 rings (SSSR count). The number of carbonyl (C=O) groups excluding carboxylic acids is 3. The van der Waals surface area contributed by atoms with Crippen molar-refractivity contribution in [3.63, 3.8) is 0 Å². The lowest BCUT2D eigenvalue weighted by atomic mass is 9.85. The third kappa shape index (κ3) is 8.55. The maximum Gasteiger partial charge on any atom is 0.328 e. The number of benzene rings is 3. The lowest BCUT2D eigenvalue weighted by Crippen LogP contribution is -2.51. The molecule has 0 radical (unpaired) electrons. The Balaban J connectivity index is 0.796. The largest absolute Gasteiger partial charge is 0.507 e. The number of amides is 4. The number of phenolic OH excluding ortho intramolecular Hbond substituents is 1. The summed E-state index contributed by atoms with van der Waals surface area (Å²) in [5.74, 6) is 0.178. The van der Waals surface area contributed by atoms with Crippen molar-refractivity contribution in [3.8, 4) is 17.0 Å². The number of aryl methyl sites for hydroxylation is 2. The Hall–Kier alpha value is -6.06. The summed E-state index contributed by atoms with van der Waals surface area (Å²) in [4.78, 5) is 45.8. The molecule has 4 N–H and O–H groups in total. The number of halogens is 1. The predicted molar refractivity (Wildman–Crippen MR) is 241 cm³/mol. The molecular weight excluding hydrogens is 802 g/mol. The van der Waals surface area contributed by atoms with E-state index in [9.17, 15) is 19.5 Å². The smallest absolute Gasteiger partial charge is 0.328 e. The maximum atomic E-state index is 16.5. The number of aromatic nitrogens is 3. The van der Waals surface area contributed by atoms with Crippen LogP contribution in [-0.4, -0.2) is 119 Å². The van der Waals surface area contributed by atoms with Gasteiger partial charge in [-0.15, -0.1) is 10.2 Å². The minimum absolute atomic E-state index is 0.0716. The van der Waals surface area contributed by atoms with Crippen molar-refractivity contribution in [2.45, 2.75) is 76.1 Å². The molecule has 0 unspecified atom stereocenters. The normalized spacial score (nSPS) is 21.2. The van der Waals surface area contributed by atoms with Crippen molar-refractivity contribution in [1.29, 1.82) is 0 Å². The van der Waals surface area contributed by atoms with E-state index in [2.05, 4.69) is 49.1 Å². The number of ether oxygens (including phenoxy) is 1. The number of nitrogens with one attached hydrogen (secondary N) is 1. The molecule has 0 aliphatic carbocycles. The number of para-hydroxylation sites is 1. The van der Waals surface area contributed by atoms with Crippen LogP contribution in [0.1, 0.15) is 77.5 Å². The predicted octanol–water partition coefficient (Wildman–Crippen LogP) is 6.74. The number of hydrogen-bond acceptors (Lipinski definition) is 10. The van der Waals surface area contributed by atoms with Gasteiger partial charge in [0.1, 0.15) is 11.4 Å². The highest BCUT2D eigenvalue weighted by Crippen LogP contribution is 2.39. The van der Waals surface area contributed by atoms with E-state index in [0.29, 0.717) is 74.7 Å². The average Bonchev–Trinajstić information content (AvgIpc) is 3.61. The van der Waals surface area contributed by atoms with Crippen LogP contribution in [0.3, 0.4) is 0 Å². The number of methoxy groups -OCH3 is 1. The number of likely N-dealkylation sites (tertiary alicyclic amines) is 2. The van der Waals surface area contributed by atoms with Crippen LogP contribution < -0.4 is 20.9 Å². The molecule has 4 saturated heterocycles. The van der Waals surface area contributed by atoms with E-state index < -0.39 is 11.7 Å². The number of piperidine rings is 3. The molecule has 0 saturated carbocycles. The SMILES string of the molecule is CO[C@@H]1C[C@H](c2ccc(C(=O)N3CCC(F)(CN4CCC(n5cc(C)c6cc(N7CCC(=O)NC7=O)ccc65)CC4)CC3)cc2C)CN(c2cc(-c3ccccc3O)nnc2N)C1. The molecule has 63 heavy (non-hydrogen) atoms. The van der Waals surface area contributed by atoms with Gasteiger partial charge in [0, 0.05) is 125 Å². The van der Waals surface area contributed by atoms with Crippen LogP contribution in [0.15, 0.2) is 72.9 Å². The van der Waals surface area contributed by atoms with Crippen LogP contribution in [0.25, 0.3) is 22.2 Å². The van der Waals surface area contributed by atoms with Crippen LogP contribution in [0.2, 0.25) is 0 Å². The van der Waals surface area contributed by atoms with Gasteiger partial charge in [0.25, 0.3) is 5.91 Å². The highest BCUT2D eigenvalue weighted by atomic mass is 19.1. The third-order valence-electron chi connectivity index (χ3n) is 13.8. The summed E-state index contributed by atoms with van der Waals surface area (Å²) in [6, 6.07) is 20.7. The van der Waals surface area contributed by atoms with E-state index in [-0.39, 0.29) is 42.0 Å². The lowest BCUT2D eigenvalue weighted by molar-refractivity contribution is -0.120. The number of nitrogens with zero attached hydrogens (tertiary/aromatic N) is 7. The summed E-state index contributed by atoms with van der Waals surface area (Å²) in [6.45, 7) is 8.44. The molecule has 3 aromatic carbocycles. The van der Waals surface area contributed by atoms with E-state index >= 15 is 4.39 Å². The average molecular weight is 858 g/mol. The van der Waals surface area contributed by atoms with Crippen LogP contribution in [0, 0.1) is 13.8 Å². The van der Waals surface area contributed by atoms with Gasteiger partial charge in [-0.3, -0.25) is 19.8 Å². The first-order valence-corrected chi connectivity index (χ1v) is 22.1. The minimum Gasteiger partial charge on any atom is -0.507 e. The molecule has 4 aliphatic heterocycles. The fourth-order valence-electron chi connectivity index (χ4n) is 10.3. The van der Waals surface area contributed by atoms with Crippen LogP contribution >= 0.6 is 0 Å². The van der Waals surface area contributed by atoms with Gasteiger partial charge in [-0.1, -0.05) is 18.2 Å². The number of urea groups is 1. The summed E-state index contributed by atoms with van der Waals surface area (Å²) in [5.41, 5.74) is 12.6. The zero-order valence-electron chi connectivity index (χ0n) is 36.2. The molecule has 2 atom stereocenters. The number of nitrogen functional groups attached to an aromatic ring is 1. The number of fused-ring (bicyclic) bond motifs is 1. The van der Waals surface area contributed by atoms with Crippen LogP contribution in [0.4, 0.5) is 26.4 Å². The molecule has 15 heteroatoms. The van der Waals surface area contributed by atoms with Crippen molar-refractivity contribution >= 4 is 45.9 Å². The molecule has 6 heterocycles. The molecule has 0 spiro atoms. The zero-order valence-corrected chi connectivity index (χ0v) is 36.2. The highest BCUT2D eigenvalue weighted by Gasteiger charge is 2.39. The first-order chi connectivity index (χ1) is 30.4. The van der Waals surface area contributed by atoms with Gasteiger partial charge >= 0.3 is 6.03 Å². The second-order valence-corrected chi connectivity index (χ2v) is 17.9. The molecule has 5 aromatic rings. The molecule has 2 aromatic heterocycles. The van der Waals surface area contributed by atoms with Crippen LogP contribution in [0.5, 0.6) is 5.75 Å². The Morgan fingerprint density at radius 1 is 0.952 bits per heavy atom. The van der Waals surface area contributed by atoms with Gasteiger partial charge < -0.3 is 34.8 Å². The van der Waals surface area contributed by atoms with Crippen molar-refractivity contribution in [3.05, 3.63) is 95.2 Å². The van der Waals surface area contributed by atoms with Gasteiger partial charge in [-0.25, -0.2) is 9.18 Å². The molecule has 4 amide bonds. The summed E-state index contributed by atoms with van der Waals surface area (Å²) in [7, 11) is 1.71. The summed E-state index contributed by atoms with van der Waals surface area (Å²) in [5, 5.41) is 22.5. The number of alkyl halides is 1. The second kappa shape index (κ2) is 17.2. The van der Waals surface area contributed by atoms with E-state index in [1.54, 1.807) is 35.1 Å². The fourth-order valence-corrected chi connectivity index (χ4v) is 10.3. The molecule has 14 nitrogen and oxygen atoms in total. The Morgan fingerprint density at radius 2 is 1.73 bits per heavy atom. The lowest BCUT2D eigenvalue weighted by Gasteiger charge is -2.41. The van der Waals surface area contributed by atoms with Gasteiger partial charge in [-0.05, 0) is 98.3 Å². The second-order valence-electron chi connectivity index (χ2n) is 17.9. The Kier molecular flexibility index (Phi) is 11.6. The van der Waals surface area contributed by atoms with Crippen LogP contribution in [-0.2, 0) is 9.53 Å². The molecule has 4 aliphatic rings. The maximum absolute atomic E-state index is 16.5.